The highest BCUT2D eigenvalue weighted by atomic mass is 32.1. The van der Waals surface area contributed by atoms with Crippen molar-refractivity contribution in [1.29, 1.82) is 0 Å². The van der Waals surface area contributed by atoms with Crippen molar-refractivity contribution in [2.24, 2.45) is 0 Å². The van der Waals surface area contributed by atoms with Crippen molar-refractivity contribution >= 4 is 32.4 Å². The van der Waals surface area contributed by atoms with Crippen molar-refractivity contribution in [3.05, 3.63) is 30.5 Å². The number of hydrogen-bond acceptors (Lipinski definition) is 3. The molecule has 3 heteroatoms. The fraction of sp³-hybridized carbons (Fsp3) is 0. The molecule has 1 aromatic carbocycles. The smallest absolute Gasteiger partial charge is 0.172 e. The predicted octanol–water partition coefficient (Wildman–Crippen LogP) is 3.35. The molecule has 0 spiro atoms. The van der Waals surface area contributed by atoms with Gasteiger partial charge in [-0.15, -0.1) is 0 Å². The van der Waals surface area contributed by atoms with Crippen molar-refractivity contribution in [2.45, 2.75) is 0 Å². The van der Waals surface area contributed by atoms with E-state index in [4.69, 9.17) is 4.42 Å². The molecule has 0 fully saturated rings. The van der Waals surface area contributed by atoms with E-state index in [-0.39, 0.29) is 0 Å². The van der Waals surface area contributed by atoms with E-state index >= 15 is 0 Å². The second kappa shape index (κ2) is 2.26. The Morgan fingerprint density at radius 1 is 1.15 bits per heavy atom. The van der Waals surface area contributed by atoms with Crippen LogP contribution < -0.4 is 0 Å². The molecule has 0 atom stereocenters. The lowest BCUT2D eigenvalue weighted by Crippen LogP contribution is -1.63. The Kier molecular flexibility index (Phi) is 1.21. The Morgan fingerprint density at radius 3 is 3.00 bits per heavy atom. The van der Waals surface area contributed by atoms with E-state index in [9.17, 15) is 5.11 Å². The average Bonchev–Trinajstić information content (AvgIpc) is 2.65. The van der Waals surface area contributed by atoms with Gasteiger partial charge in [-0.1, -0.05) is 11.3 Å². The molecule has 3 rings (SSSR count). The predicted molar refractivity (Wildman–Crippen MR) is 53.3 cm³/mol. The molecule has 0 radical (unpaired) electrons. The molecule has 64 valence electrons. The normalized spacial score (nSPS) is 11.4. The molecule has 13 heavy (non-hydrogen) atoms. The zero-order valence-corrected chi connectivity index (χ0v) is 7.47. The highest BCUT2D eigenvalue weighted by Crippen LogP contribution is 2.35. The lowest BCUT2D eigenvalue weighted by atomic mass is 10.2. The van der Waals surface area contributed by atoms with E-state index in [2.05, 4.69) is 0 Å². The van der Waals surface area contributed by atoms with Crippen LogP contribution >= 0.6 is 11.3 Å². The van der Waals surface area contributed by atoms with Gasteiger partial charge >= 0.3 is 0 Å². The Hall–Kier alpha value is -1.48. The van der Waals surface area contributed by atoms with Crippen LogP contribution in [0.15, 0.2) is 34.9 Å². The average molecular weight is 190 g/mol. The van der Waals surface area contributed by atoms with Gasteiger partial charge in [-0.05, 0) is 18.2 Å². The van der Waals surface area contributed by atoms with E-state index in [1.807, 2.05) is 18.2 Å². The van der Waals surface area contributed by atoms with Crippen molar-refractivity contribution in [3.8, 4) is 5.06 Å². The third-order valence-corrected chi connectivity index (χ3v) is 3.02. The van der Waals surface area contributed by atoms with Crippen molar-refractivity contribution in [1.82, 2.24) is 0 Å². The van der Waals surface area contributed by atoms with Crippen molar-refractivity contribution in [2.75, 3.05) is 0 Å². The van der Waals surface area contributed by atoms with E-state index in [1.165, 1.54) is 11.3 Å². The number of rotatable bonds is 0. The first-order valence-electron chi connectivity index (χ1n) is 3.93. The minimum absolute atomic E-state index is 0.351. The third kappa shape index (κ3) is 0.876. The zero-order chi connectivity index (χ0) is 8.84. The highest BCUT2D eigenvalue weighted by Gasteiger charge is 2.05. The fourth-order valence-electron chi connectivity index (χ4n) is 1.55. The number of benzene rings is 1. The number of fused-ring (bicyclic) bond motifs is 3. The molecule has 2 heterocycles. The Balaban J connectivity index is 2.64. The summed E-state index contributed by atoms with van der Waals surface area (Å²) in [7, 11) is 0. The van der Waals surface area contributed by atoms with E-state index in [0.29, 0.717) is 5.06 Å². The quantitative estimate of drug-likeness (QED) is 0.589. The summed E-state index contributed by atoms with van der Waals surface area (Å²) in [5.74, 6) is 0. The Morgan fingerprint density at radius 2 is 2.08 bits per heavy atom. The van der Waals surface area contributed by atoms with Gasteiger partial charge in [0.25, 0.3) is 0 Å². The van der Waals surface area contributed by atoms with E-state index in [0.717, 1.165) is 21.1 Å². The van der Waals surface area contributed by atoms with Gasteiger partial charge in [0.1, 0.15) is 5.58 Å². The second-order valence-corrected chi connectivity index (χ2v) is 3.96. The summed E-state index contributed by atoms with van der Waals surface area (Å²) < 4.78 is 6.35. The van der Waals surface area contributed by atoms with Gasteiger partial charge in [0.15, 0.2) is 5.06 Å². The molecule has 0 aliphatic rings. The first kappa shape index (κ1) is 6.97. The monoisotopic (exact) mass is 190 g/mol. The SMILES string of the molecule is Oc1cc2c(ccc3occc32)s1. The number of thiophene rings is 1. The van der Waals surface area contributed by atoms with Crippen LogP contribution in [0.25, 0.3) is 21.1 Å². The Bertz CT molecular complexity index is 577. The van der Waals surface area contributed by atoms with Crippen LogP contribution in [0, 0.1) is 0 Å². The maximum atomic E-state index is 9.34. The molecule has 0 aliphatic carbocycles. The molecule has 0 bridgehead atoms. The summed E-state index contributed by atoms with van der Waals surface area (Å²) in [5.41, 5.74) is 0.866. The van der Waals surface area contributed by atoms with Gasteiger partial charge in [0.05, 0.1) is 6.26 Å². The molecule has 0 saturated heterocycles. The summed E-state index contributed by atoms with van der Waals surface area (Å²) in [6, 6.07) is 7.58. The maximum absolute atomic E-state index is 9.34. The molecule has 0 unspecified atom stereocenters. The standard InChI is InChI=1S/C10H6O2S/c11-10-5-7-6-3-4-12-8(6)1-2-9(7)13-10/h1-5,11H. The first-order valence-corrected chi connectivity index (χ1v) is 4.75. The minimum Gasteiger partial charge on any atom is -0.499 e. The molecule has 2 aromatic heterocycles. The number of hydrogen-bond donors (Lipinski definition) is 1. The molecular formula is C10H6O2S. The second-order valence-electron chi connectivity index (χ2n) is 2.89. The van der Waals surface area contributed by atoms with Crippen LogP contribution in [0.3, 0.4) is 0 Å². The van der Waals surface area contributed by atoms with Crippen molar-refractivity contribution < 1.29 is 9.52 Å². The van der Waals surface area contributed by atoms with Crippen LogP contribution in [-0.2, 0) is 0 Å². The largest absolute Gasteiger partial charge is 0.499 e. The Labute approximate surface area is 78.0 Å². The van der Waals surface area contributed by atoms with Gasteiger partial charge in [0, 0.05) is 21.5 Å². The molecule has 0 aliphatic heterocycles. The third-order valence-electron chi connectivity index (χ3n) is 2.12. The molecule has 0 amide bonds. The maximum Gasteiger partial charge on any atom is 0.172 e. The van der Waals surface area contributed by atoms with Crippen LogP contribution in [0.1, 0.15) is 0 Å². The topological polar surface area (TPSA) is 33.4 Å². The van der Waals surface area contributed by atoms with Crippen LogP contribution in [0.2, 0.25) is 0 Å². The summed E-state index contributed by atoms with van der Waals surface area (Å²) in [5, 5.41) is 11.8. The van der Waals surface area contributed by atoms with Gasteiger partial charge in [-0.3, -0.25) is 0 Å². The summed E-state index contributed by atoms with van der Waals surface area (Å²) in [6.07, 6.45) is 1.67. The van der Waals surface area contributed by atoms with E-state index in [1.54, 1.807) is 12.3 Å². The van der Waals surface area contributed by atoms with Gasteiger partial charge < -0.3 is 9.52 Å². The highest BCUT2D eigenvalue weighted by molar-refractivity contribution is 7.20. The molecular weight excluding hydrogens is 184 g/mol. The molecule has 0 saturated carbocycles. The molecule has 3 aromatic rings. The van der Waals surface area contributed by atoms with Crippen molar-refractivity contribution in [3.63, 3.8) is 0 Å². The van der Waals surface area contributed by atoms with Crippen LogP contribution in [0.4, 0.5) is 0 Å². The van der Waals surface area contributed by atoms with Gasteiger partial charge in [-0.25, -0.2) is 0 Å². The zero-order valence-electron chi connectivity index (χ0n) is 6.65. The summed E-state index contributed by atoms with van der Waals surface area (Å²) >= 11 is 1.38. The van der Waals surface area contributed by atoms with Gasteiger partial charge in [-0.2, -0.15) is 0 Å². The molecule has 2 nitrogen and oxygen atoms in total. The number of furan rings is 1. The summed E-state index contributed by atoms with van der Waals surface area (Å²) in [4.78, 5) is 0. The first-order chi connectivity index (χ1) is 6.34. The summed E-state index contributed by atoms with van der Waals surface area (Å²) in [6.45, 7) is 0. The van der Waals surface area contributed by atoms with E-state index < -0.39 is 0 Å². The van der Waals surface area contributed by atoms with Crippen LogP contribution in [0.5, 0.6) is 5.06 Å². The van der Waals surface area contributed by atoms with Gasteiger partial charge in [0.2, 0.25) is 0 Å². The number of aromatic hydroxyl groups is 1. The lowest BCUT2D eigenvalue weighted by molar-refractivity contribution is 0.491. The minimum atomic E-state index is 0.351. The lowest BCUT2D eigenvalue weighted by Gasteiger charge is -1.89. The molecule has 1 N–H and O–H groups in total. The van der Waals surface area contributed by atoms with Crippen LogP contribution in [-0.4, -0.2) is 5.11 Å². The fourth-order valence-corrected chi connectivity index (χ4v) is 2.37.